The van der Waals surface area contributed by atoms with E-state index in [2.05, 4.69) is 76.6 Å². The molecule has 0 aliphatic carbocycles. The van der Waals surface area contributed by atoms with Crippen LogP contribution in [0.5, 0.6) is 0 Å². The number of aromatic nitrogens is 2. The topological polar surface area (TPSA) is 38.9 Å². The summed E-state index contributed by atoms with van der Waals surface area (Å²) in [5.41, 5.74) is 6.91. The van der Waals surface area contributed by atoms with Gasteiger partial charge in [-0.3, -0.25) is 0 Å². The van der Waals surface area contributed by atoms with Crippen molar-refractivity contribution in [2.24, 2.45) is 0 Å². The summed E-state index contributed by atoms with van der Waals surface area (Å²) in [6, 6.07) is 34.7. The van der Waals surface area contributed by atoms with Crippen molar-refractivity contribution >= 4 is 39.6 Å². The molecule has 187 valence electrons. The van der Waals surface area contributed by atoms with Crippen molar-refractivity contribution in [3.8, 4) is 22.5 Å². The fraction of sp³-hybridized carbons (Fsp3) is 0.125. The van der Waals surface area contributed by atoms with Crippen molar-refractivity contribution in [1.82, 2.24) is 9.97 Å². The van der Waals surface area contributed by atoms with Crippen LogP contribution in [-0.2, 0) is 20.1 Å². The molecular weight excluding hydrogens is 693 g/mol. The molecule has 37 heavy (non-hydrogen) atoms. The summed E-state index contributed by atoms with van der Waals surface area (Å²) in [6.45, 7) is 2.06. The average molecular weight is 721 g/mol. The molecule has 0 amide bonds. The van der Waals surface area contributed by atoms with Gasteiger partial charge in [-0.1, -0.05) is 12.1 Å². The van der Waals surface area contributed by atoms with Gasteiger partial charge in [0.05, 0.1) is 0 Å². The van der Waals surface area contributed by atoms with Gasteiger partial charge in [0, 0.05) is 37.1 Å². The average Bonchev–Trinajstić information content (AvgIpc) is 3.26. The summed E-state index contributed by atoms with van der Waals surface area (Å²) >= 11 is -1.72. The van der Waals surface area contributed by atoms with Crippen molar-refractivity contribution in [3.05, 3.63) is 115 Å². The summed E-state index contributed by atoms with van der Waals surface area (Å²) in [6.07, 6.45) is 3.92. The van der Waals surface area contributed by atoms with E-state index in [9.17, 15) is 0 Å². The van der Waals surface area contributed by atoms with E-state index in [1.165, 1.54) is 9.96 Å². The van der Waals surface area contributed by atoms with Crippen LogP contribution in [0.15, 0.2) is 102 Å². The maximum Gasteiger partial charge on any atom is 0 e. The fourth-order valence-electron chi connectivity index (χ4n) is 4.03. The van der Waals surface area contributed by atoms with E-state index in [-0.39, 0.29) is 20.1 Å². The molecule has 3 aromatic carbocycles. The second-order valence-electron chi connectivity index (χ2n) is 9.90. The monoisotopic (exact) mass is 723 g/mol. The molecule has 0 aliphatic heterocycles. The predicted molar refractivity (Wildman–Crippen MR) is 152 cm³/mol. The molecule has 0 bridgehead atoms. The summed E-state index contributed by atoms with van der Waals surface area (Å²) in [5.74, 6) is 7.14. The Morgan fingerprint density at radius 1 is 0.676 bits per heavy atom. The molecule has 0 N–H and O–H groups in total. The third-order valence-corrected chi connectivity index (χ3v) is 10.4. The standard InChI is InChI=1S/C18H12NO.C14H16GeN.Ir/c1-12-7-8-14-15-11-19-16(13-5-3-2-4-6-13)10-18(15)20-17(14)9-12;1-15(2,3)13-9-10-14(16-11-13)12-7-5-4-6-8-12;/h2-5,7-11H,1H3;4-7,9-11H,1-3H3;/q2*-1;. The van der Waals surface area contributed by atoms with Gasteiger partial charge in [0.1, 0.15) is 11.2 Å². The zero-order chi connectivity index (χ0) is 25.1. The van der Waals surface area contributed by atoms with E-state index in [4.69, 9.17) is 4.42 Å². The largest absolute Gasteiger partial charge is 0 e. The minimum Gasteiger partial charge on any atom is 0 e. The second kappa shape index (κ2) is 11.6. The first-order valence-electron chi connectivity index (χ1n) is 12.1. The van der Waals surface area contributed by atoms with Gasteiger partial charge in [-0.15, -0.1) is 35.9 Å². The Hall–Kier alpha value is -3.05. The molecule has 0 fully saturated rings. The van der Waals surface area contributed by atoms with Gasteiger partial charge in [-0.25, -0.2) is 0 Å². The van der Waals surface area contributed by atoms with Gasteiger partial charge in [-0.2, -0.15) is 0 Å². The van der Waals surface area contributed by atoms with E-state index in [0.29, 0.717) is 0 Å². The zero-order valence-electron chi connectivity index (χ0n) is 21.4. The molecule has 3 heterocycles. The molecular formula is C32H28GeIrN2O-2. The molecule has 0 saturated carbocycles. The predicted octanol–water partition coefficient (Wildman–Crippen LogP) is 7.85. The maximum absolute atomic E-state index is 5.94. The third-order valence-electron chi connectivity index (χ3n) is 6.11. The van der Waals surface area contributed by atoms with Crippen LogP contribution in [0.1, 0.15) is 5.56 Å². The zero-order valence-corrected chi connectivity index (χ0v) is 25.9. The van der Waals surface area contributed by atoms with Crippen LogP contribution in [0, 0.1) is 19.1 Å². The molecule has 0 atom stereocenters. The number of hydrogen-bond donors (Lipinski definition) is 0. The Morgan fingerprint density at radius 2 is 1.32 bits per heavy atom. The Labute approximate surface area is 234 Å². The van der Waals surface area contributed by atoms with Crippen LogP contribution < -0.4 is 4.40 Å². The number of hydrogen-bond acceptors (Lipinski definition) is 3. The first-order valence-corrected chi connectivity index (χ1v) is 19.4. The number of benzene rings is 3. The first-order chi connectivity index (χ1) is 17.4. The molecule has 6 rings (SSSR count). The number of furan rings is 1. The van der Waals surface area contributed by atoms with E-state index in [1.54, 1.807) is 0 Å². The van der Waals surface area contributed by atoms with Gasteiger partial charge >= 0.3 is 99.8 Å². The molecule has 6 aromatic rings. The molecule has 1 radical (unpaired) electrons. The summed E-state index contributed by atoms with van der Waals surface area (Å²) < 4.78 is 7.39. The summed E-state index contributed by atoms with van der Waals surface area (Å²) in [4.78, 5) is 9.06. The fourth-order valence-corrected chi connectivity index (χ4v) is 6.20. The maximum atomic E-state index is 5.94. The van der Waals surface area contributed by atoms with E-state index in [1.807, 2.05) is 67.0 Å². The molecule has 0 spiro atoms. The van der Waals surface area contributed by atoms with Crippen LogP contribution in [0.4, 0.5) is 0 Å². The van der Waals surface area contributed by atoms with Crippen molar-refractivity contribution in [3.63, 3.8) is 0 Å². The number of pyridine rings is 2. The second-order valence-corrected chi connectivity index (χ2v) is 20.6. The van der Waals surface area contributed by atoms with Crippen LogP contribution in [0.3, 0.4) is 0 Å². The smallest absolute Gasteiger partial charge is 0 e. The first kappa shape index (κ1) is 27.0. The van der Waals surface area contributed by atoms with Crippen LogP contribution in [-0.4, -0.2) is 23.2 Å². The van der Waals surface area contributed by atoms with Gasteiger partial charge < -0.3 is 9.40 Å². The van der Waals surface area contributed by atoms with Gasteiger partial charge in [0.2, 0.25) is 0 Å². The van der Waals surface area contributed by atoms with Crippen LogP contribution in [0.2, 0.25) is 17.3 Å². The van der Waals surface area contributed by atoms with Gasteiger partial charge in [-0.05, 0) is 30.3 Å². The molecule has 0 aliphatic rings. The number of rotatable bonds is 3. The Balaban J connectivity index is 0.000000173. The molecule has 3 nitrogen and oxygen atoms in total. The third kappa shape index (κ3) is 6.27. The normalized spacial score (nSPS) is 11.0. The van der Waals surface area contributed by atoms with Crippen molar-refractivity contribution < 1.29 is 24.5 Å². The minimum absolute atomic E-state index is 0. The Morgan fingerprint density at radius 3 is 1.92 bits per heavy atom. The van der Waals surface area contributed by atoms with Gasteiger partial charge in [0.25, 0.3) is 0 Å². The minimum atomic E-state index is -1.72. The quantitative estimate of drug-likeness (QED) is 0.138. The Kier molecular flexibility index (Phi) is 8.43. The van der Waals surface area contributed by atoms with Gasteiger partial charge in [0.15, 0.2) is 0 Å². The van der Waals surface area contributed by atoms with Crippen LogP contribution >= 0.6 is 0 Å². The SMILES string of the molecule is Cc1ccc2c(c1)oc1cc(-c3[c-]cccc3)ncc12.[CH3][Ge]([CH3])([CH3])[c]1ccc(-c2[c-]cccc2)nc1.[Ir]. The number of fused-ring (bicyclic) bond motifs is 3. The van der Waals surface area contributed by atoms with E-state index < -0.39 is 13.3 Å². The molecule has 0 unspecified atom stereocenters. The van der Waals surface area contributed by atoms with Crippen LogP contribution in [0.25, 0.3) is 44.5 Å². The van der Waals surface area contributed by atoms with Crippen molar-refractivity contribution in [2.75, 3.05) is 0 Å². The van der Waals surface area contributed by atoms with Crippen molar-refractivity contribution in [1.29, 1.82) is 0 Å². The number of nitrogens with zero attached hydrogens (tertiary/aromatic N) is 2. The van der Waals surface area contributed by atoms with E-state index >= 15 is 0 Å². The molecule has 5 heteroatoms. The Bertz CT molecular complexity index is 1610. The van der Waals surface area contributed by atoms with E-state index in [0.717, 1.165) is 44.5 Å². The summed E-state index contributed by atoms with van der Waals surface area (Å²) in [7, 11) is 0. The molecule has 0 saturated heterocycles. The van der Waals surface area contributed by atoms with Crippen molar-refractivity contribution in [2.45, 2.75) is 24.2 Å². The summed E-state index contributed by atoms with van der Waals surface area (Å²) in [5, 5.41) is 2.17. The number of aryl methyl sites for hydroxylation is 1. The molecule has 3 aromatic heterocycles.